The van der Waals surface area contributed by atoms with E-state index in [-0.39, 0.29) is 16.4 Å². The van der Waals surface area contributed by atoms with Crippen LogP contribution in [0.15, 0.2) is 53.4 Å². The third-order valence-corrected chi connectivity index (χ3v) is 6.33. The lowest BCUT2D eigenvalue weighted by molar-refractivity contribution is -0.856. The number of amides is 1. The van der Waals surface area contributed by atoms with Gasteiger partial charge in [0.1, 0.15) is 0 Å². The molecule has 6 nitrogen and oxygen atoms in total. The quantitative estimate of drug-likeness (QED) is 0.676. The van der Waals surface area contributed by atoms with Gasteiger partial charge in [0.25, 0.3) is 5.91 Å². The third kappa shape index (κ3) is 4.35. The number of fused-ring (bicyclic) bond motifs is 1. The molecule has 0 fully saturated rings. The van der Waals surface area contributed by atoms with Gasteiger partial charge in [-0.3, -0.25) is 9.69 Å². The molecule has 0 saturated heterocycles. The molecular formula is C19H22N3O3S2+. The zero-order valence-electron chi connectivity index (χ0n) is 15.5. The summed E-state index contributed by atoms with van der Waals surface area (Å²) >= 11 is 1.43. The second kappa shape index (κ2) is 7.75. The van der Waals surface area contributed by atoms with Crippen molar-refractivity contribution in [3.63, 3.8) is 0 Å². The van der Waals surface area contributed by atoms with Crippen LogP contribution in [0.4, 0.5) is 5.13 Å². The fourth-order valence-corrected chi connectivity index (χ4v) is 4.58. The van der Waals surface area contributed by atoms with E-state index in [4.69, 9.17) is 0 Å². The molecule has 1 N–H and O–H groups in total. The van der Waals surface area contributed by atoms with Crippen LogP contribution in [0.5, 0.6) is 0 Å². The lowest BCUT2D eigenvalue weighted by Gasteiger charge is -2.21. The van der Waals surface area contributed by atoms with Crippen LogP contribution in [0.3, 0.4) is 0 Å². The summed E-state index contributed by atoms with van der Waals surface area (Å²) in [5, 5.41) is 0.575. The Balaban J connectivity index is 2.07. The lowest BCUT2D eigenvalue weighted by atomic mass is 10.2. The summed E-state index contributed by atoms with van der Waals surface area (Å²) in [7, 11) is 0.491. The van der Waals surface area contributed by atoms with Gasteiger partial charge in [-0.25, -0.2) is 13.4 Å². The Labute approximate surface area is 163 Å². The number of sulfone groups is 1. The van der Waals surface area contributed by atoms with E-state index in [1.165, 1.54) is 22.3 Å². The van der Waals surface area contributed by atoms with Gasteiger partial charge in [0, 0.05) is 6.26 Å². The molecule has 0 unspecified atom stereocenters. The van der Waals surface area contributed by atoms with Crippen molar-refractivity contribution in [3.8, 4) is 0 Å². The number of hydrogen-bond donors (Lipinski definition) is 1. The molecular weight excluding hydrogens is 382 g/mol. The number of para-hydroxylation sites is 1. The first-order chi connectivity index (χ1) is 12.8. The summed E-state index contributed by atoms with van der Waals surface area (Å²) in [6.45, 7) is 1.15. The van der Waals surface area contributed by atoms with Gasteiger partial charge in [0.05, 0.1) is 47.9 Å². The standard InChI is InChI=1S/C19H21N3O3S2/c1-21(2)12-13-22(19-20-15-9-5-6-10-16(15)26-19)18(23)14-8-4-7-11-17(14)27(3,24)25/h4-11H,12-13H2,1-3H3/p+1. The van der Waals surface area contributed by atoms with Gasteiger partial charge in [0.2, 0.25) is 0 Å². The highest BCUT2D eigenvalue weighted by Gasteiger charge is 2.26. The molecule has 0 aliphatic heterocycles. The van der Waals surface area contributed by atoms with E-state index in [1.54, 1.807) is 23.1 Å². The van der Waals surface area contributed by atoms with Gasteiger partial charge in [0.15, 0.2) is 15.0 Å². The van der Waals surface area contributed by atoms with Gasteiger partial charge >= 0.3 is 0 Å². The number of likely N-dealkylation sites (N-methyl/N-ethyl adjacent to an activating group) is 1. The molecule has 1 heterocycles. The number of hydrogen-bond acceptors (Lipinski definition) is 5. The Bertz CT molecular complexity index is 1040. The summed E-state index contributed by atoms with van der Waals surface area (Å²) in [6.07, 6.45) is 1.12. The summed E-state index contributed by atoms with van der Waals surface area (Å²) < 4.78 is 25.3. The maximum absolute atomic E-state index is 13.3. The molecule has 142 valence electrons. The molecule has 0 spiro atoms. The Morgan fingerprint density at radius 2 is 1.78 bits per heavy atom. The van der Waals surface area contributed by atoms with E-state index in [0.29, 0.717) is 18.2 Å². The number of thiazole rings is 1. The van der Waals surface area contributed by atoms with Gasteiger partial charge in [-0.2, -0.15) is 0 Å². The molecule has 27 heavy (non-hydrogen) atoms. The second-order valence-corrected chi connectivity index (χ2v) is 9.64. The highest BCUT2D eigenvalue weighted by atomic mass is 32.2. The number of aromatic nitrogens is 1. The van der Waals surface area contributed by atoms with Crippen molar-refractivity contribution in [3.05, 3.63) is 54.1 Å². The van der Waals surface area contributed by atoms with Crippen molar-refractivity contribution in [1.29, 1.82) is 0 Å². The van der Waals surface area contributed by atoms with E-state index in [0.717, 1.165) is 16.5 Å². The van der Waals surface area contributed by atoms with Crippen LogP contribution in [0.25, 0.3) is 10.2 Å². The van der Waals surface area contributed by atoms with Crippen LogP contribution >= 0.6 is 11.3 Å². The number of rotatable bonds is 6. The topological polar surface area (TPSA) is 71.8 Å². The maximum atomic E-state index is 13.3. The molecule has 0 aliphatic carbocycles. The normalized spacial score (nSPS) is 11.9. The number of nitrogens with zero attached hydrogens (tertiary/aromatic N) is 2. The summed E-state index contributed by atoms with van der Waals surface area (Å²) in [5.41, 5.74) is 0.997. The molecule has 8 heteroatoms. The fourth-order valence-electron chi connectivity index (χ4n) is 2.71. The smallest absolute Gasteiger partial charge is 0.261 e. The monoisotopic (exact) mass is 404 g/mol. The van der Waals surface area contributed by atoms with Gasteiger partial charge in [-0.15, -0.1) is 0 Å². The Morgan fingerprint density at radius 3 is 2.44 bits per heavy atom. The first kappa shape index (κ1) is 19.5. The van der Waals surface area contributed by atoms with Gasteiger partial charge in [-0.1, -0.05) is 35.6 Å². The van der Waals surface area contributed by atoms with Crippen LogP contribution < -0.4 is 9.80 Å². The van der Waals surface area contributed by atoms with E-state index in [1.807, 2.05) is 38.4 Å². The number of carbonyl (C=O) groups is 1. The fraction of sp³-hybridized carbons (Fsp3) is 0.263. The first-order valence-electron chi connectivity index (χ1n) is 8.53. The largest absolute Gasteiger partial charge is 0.338 e. The first-order valence-corrected chi connectivity index (χ1v) is 11.2. The highest BCUT2D eigenvalue weighted by molar-refractivity contribution is 7.90. The van der Waals surface area contributed by atoms with Crippen molar-refractivity contribution in [1.82, 2.24) is 4.98 Å². The zero-order valence-corrected chi connectivity index (χ0v) is 17.1. The number of carbonyl (C=O) groups excluding carboxylic acids is 1. The van der Waals surface area contributed by atoms with E-state index in [2.05, 4.69) is 4.98 Å². The second-order valence-electron chi connectivity index (χ2n) is 6.65. The number of anilines is 1. The SMILES string of the molecule is C[NH+](C)CCN(C(=O)c1ccccc1S(C)(=O)=O)c1nc2ccccc2s1. The third-order valence-electron chi connectivity index (χ3n) is 4.11. The Hall–Kier alpha value is -2.29. The van der Waals surface area contributed by atoms with Crippen LogP contribution in [-0.2, 0) is 9.84 Å². The average Bonchev–Trinajstić information content (AvgIpc) is 3.04. The van der Waals surface area contributed by atoms with Gasteiger partial charge in [-0.05, 0) is 24.3 Å². The molecule has 3 rings (SSSR count). The molecule has 0 atom stereocenters. The van der Waals surface area contributed by atoms with Crippen LogP contribution in [0, 0.1) is 0 Å². The molecule has 1 aromatic heterocycles. The van der Waals surface area contributed by atoms with Crippen molar-refractivity contribution in [2.24, 2.45) is 0 Å². The van der Waals surface area contributed by atoms with Crippen LogP contribution in [-0.4, -0.2) is 52.7 Å². The van der Waals surface area contributed by atoms with E-state index in [9.17, 15) is 13.2 Å². The van der Waals surface area contributed by atoms with E-state index < -0.39 is 9.84 Å². The summed E-state index contributed by atoms with van der Waals surface area (Å²) in [5.74, 6) is -0.351. The predicted octanol–water partition coefficient (Wildman–Crippen LogP) is 1.49. The molecule has 0 bridgehead atoms. The lowest BCUT2D eigenvalue weighted by Crippen LogP contribution is -3.06. The Kier molecular flexibility index (Phi) is 5.59. The minimum atomic E-state index is -3.52. The minimum Gasteiger partial charge on any atom is -0.338 e. The maximum Gasteiger partial charge on any atom is 0.261 e. The zero-order chi connectivity index (χ0) is 19.6. The highest BCUT2D eigenvalue weighted by Crippen LogP contribution is 2.30. The molecule has 3 aromatic rings. The number of benzene rings is 2. The predicted molar refractivity (Wildman–Crippen MR) is 109 cm³/mol. The minimum absolute atomic E-state index is 0.0401. The Morgan fingerprint density at radius 1 is 1.11 bits per heavy atom. The molecule has 2 aromatic carbocycles. The molecule has 0 saturated carbocycles. The van der Waals surface area contributed by atoms with Crippen molar-refractivity contribution in [2.45, 2.75) is 4.90 Å². The van der Waals surface area contributed by atoms with Crippen molar-refractivity contribution in [2.75, 3.05) is 38.3 Å². The molecule has 0 radical (unpaired) electrons. The average molecular weight is 405 g/mol. The van der Waals surface area contributed by atoms with Gasteiger partial charge < -0.3 is 4.90 Å². The summed E-state index contributed by atoms with van der Waals surface area (Å²) in [6, 6.07) is 14.0. The van der Waals surface area contributed by atoms with Crippen molar-refractivity contribution >= 4 is 42.4 Å². The molecule has 1 amide bonds. The van der Waals surface area contributed by atoms with Crippen LogP contribution in [0.2, 0.25) is 0 Å². The van der Waals surface area contributed by atoms with Crippen molar-refractivity contribution < 1.29 is 18.1 Å². The number of nitrogens with one attached hydrogen (secondary N) is 1. The van der Waals surface area contributed by atoms with Crippen LogP contribution in [0.1, 0.15) is 10.4 Å². The summed E-state index contributed by atoms with van der Waals surface area (Å²) in [4.78, 5) is 20.7. The van der Waals surface area contributed by atoms with E-state index >= 15 is 0 Å². The molecule has 0 aliphatic rings. The number of quaternary nitrogens is 1.